The molecule has 0 aliphatic carbocycles. The van der Waals surface area contributed by atoms with Gasteiger partial charge in [-0.3, -0.25) is 14.9 Å². The van der Waals surface area contributed by atoms with E-state index in [1.165, 1.54) is 35.3 Å². The highest BCUT2D eigenvalue weighted by Crippen LogP contribution is 2.25. The van der Waals surface area contributed by atoms with Crippen LogP contribution in [0.1, 0.15) is 0 Å². The van der Waals surface area contributed by atoms with E-state index in [1.54, 1.807) is 24.3 Å². The van der Waals surface area contributed by atoms with Crippen molar-refractivity contribution in [1.29, 1.82) is 0 Å². The van der Waals surface area contributed by atoms with Gasteiger partial charge in [0.25, 0.3) is 5.12 Å². The van der Waals surface area contributed by atoms with Gasteiger partial charge < -0.3 is 4.74 Å². The number of hydrogen-bond donors (Lipinski definition) is 1. The Morgan fingerprint density at radius 1 is 1.03 bits per heavy atom. The number of halogens is 3. The fourth-order valence-corrected chi connectivity index (χ4v) is 3.10. The summed E-state index contributed by atoms with van der Waals surface area (Å²) in [5.74, 6) is -0.645. The molecule has 0 saturated carbocycles. The first-order valence-electron chi connectivity index (χ1n) is 8.27. The summed E-state index contributed by atoms with van der Waals surface area (Å²) in [7, 11) is 0. The summed E-state index contributed by atoms with van der Waals surface area (Å²) in [6.07, 6.45) is -3.32. The minimum atomic E-state index is -4.75. The van der Waals surface area contributed by atoms with Crippen molar-refractivity contribution in [2.45, 2.75) is 6.36 Å². The van der Waals surface area contributed by atoms with E-state index in [9.17, 15) is 22.8 Å². The van der Waals surface area contributed by atoms with E-state index in [0.29, 0.717) is 22.8 Å². The van der Waals surface area contributed by atoms with E-state index < -0.39 is 17.4 Å². The first kappa shape index (κ1) is 19.6. The van der Waals surface area contributed by atoms with Crippen molar-refractivity contribution >= 4 is 33.6 Å². The third kappa shape index (κ3) is 4.49. The second-order valence-electron chi connectivity index (χ2n) is 5.86. The van der Waals surface area contributed by atoms with Gasteiger partial charge in [-0.25, -0.2) is 14.7 Å². The summed E-state index contributed by atoms with van der Waals surface area (Å²) in [4.78, 5) is 30.7. The maximum absolute atomic E-state index is 12.2. The molecule has 0 radical (unpaired) electrons. The summed E-state index contributed by atoms with van der Waals surface area (Å²) in [6.45, 7) is 0. The van der Waals surface area contributed by atoms with Crippen molar-refractivity contribution in [3.8, 4) is 22.8 Å². The molecule has 0 bridgehead atoms. The van der Waals surface area contributed by atoms with Crippen molar-refractivity contribution in [2.75, 3.05) is 0 Å². The average molecular weight is 433 g/mol. The zero-order chi connectivity index (χ0) is 21.3. The molecule has 3 aromatic rings. The summed E-state index contributed by atoms with van der Waals surface area (Å²) in [5.41, 5.74) is 1.70. The van der Waals surface area contributed by atoms with Crippen LogP contribution in [0.25, 0.3) is 17.1 Å². The number of carbonyl (C=O) groups is 2. The van der Waals surface area contributed by atoms with Crippen LogP contribution in [-0.2, 0) is 9.59 Å². The third-order valence-corrected chi connectivity index (χ3v) is 4.54. The molecule has 1 aliphatic rings. The van der Waals surface area contributed by atoms with Crippen LogP contribution >= 0.6 is 11.8 Å². The SMILES string of the molecule is O=C1NC(=Nc2ccc(-c3ncn(-c4ccc(OC(F)(F)F)cc4)n3)cc2)SC1=O. The molecular weight excluding hydrogens is 423 g/mol. The van der Waals surface area contributed by atoms with Gasteiger partial charge in [-0.05, 0) is 60.3 Å². The Kier molecular flexibility index (Phi) is 4.99. The van der Waals surface area contributed by atoms with E-state index in [4.69, 9.17) is 0 Å². The van der Waals surface area contributed by atoms with Crippen molar-refractivity contribution in [1.82, 2.24) is 20.1 Å². The lowest BCUT2D eigenvalue weighted by Gasteiger charge is -2.09. The predicted octanol–water partition coefficient (Wildman–Crippen LogP) is 3.21. The molecule has 1 amide bonds. The highest BCUT2D eigenvalue weighted by Gasteiger charge is 2.31. The van der Waals surface area contributed by atoms with Crippen LogP contribution in [0.3, 0.4) is 0 Å². The number of amidine groups is 1. The van der Waals surface area contributed by atoms with E-state index in [1.807, 2.05) is 0 Å². The average Bonchev–Trinajstić information content (AvgIpc) is 3.29. The van der Waals surface area contributed by atoms with Gasteiger partial charge in [0.2, 0.25) is 0 Å². The van der Waals surface area contributed by atoms with Gasteiger partial charge in [0, 0.05) is 5.56 Å². The van der Waals surface area contributed by atoms with Gasteiger partial charge in [-0.1, -0.05) is 0 Å². The molecule has 4 rings (SSSR count). The Hall–Kier alpha value is -3.67. The van der Waals surface area contributed by atoms with Gasteiger partial charge in [0.1, 0.15) is 12.1 Å². The Labute approximate surface area is 170 Å². The number of aliphatic imine (C=N–C) groups is 1. The molecule has 2 heterocycles. The predicted molar refractivity (Wildman–Crippen MR) is 101 cm³/mol. The standard InChI is InChI=1S/C18H10F3N5O3S/c19-18(20,21)29-13-7-5-12(6-8-13)26-9-22-14(25-26)10-1-3-11(4-2-10)23-17-24-15(27)16(28)30-17/h1-9H,(H,23,24,27). The maximum atomic E-state index is 12.2. The molecule has 0 atom stereocenters. The number of aromatic nitrogens is 3. The molecule has 152 valence electrons. The second-order valence-corrected chi connectivity index (χ2v) is 6.82. The lowest BCUT2D eigenvalue weighted by Crippen LogP contribution is -2.21. The number of hydrogen-bond acceptors (Lipinski definition) is 7. The molecule has 8 nitrogen and oxygen atoms in total. The highest BCUT2D eigenvalue weighted by atomic mass is 32.2. The Morgan fingerprint density at radius 2 is 1.73 bits per heavy atom. The van der Waals surface area contributed by atoms with Gasteiger partial charge in [-0.2, -0.15) is 0 Å². The molecular formula is C18H10F3N5O3S. The fourth-order valence-electron chi connectivity index (χ4n) is 2.48. The maximum Gasteiger partial charge on any atom is 0.573 e. The first-order chi connectivity index (χ1) is 14.3. The number of nitrogens with zero attached hydrogens (tertiary/aromatic N) is 4. The number of thioether (sulfide) groups is 1. The summed E-state index contributed by atoms with van der Waals surface area (Å²) >= 11 is 0.725. The first-order valence-corrected chi connectivity index (χ1v) is 9.09. The van der Waals surface area contributed by atoms with Gasteiger partial charge in [-0.15, -0.1) is 18.3 Å². The molecule has 12 heteroatoms. The van der Waals surface area contributed by atoms with Crippen LogP contribution in [0.5, 0.6) is 5.75 Å². The molecule has 1 fully saturated rings. The van der Waals surface area contributed by atoms with Crippen molar-refractivity contribution in [3.05, 3.63) is 54.9 Å². The molecule has 2 aromatic carbocycles. The van der Waals surface area contributed by atoms with Crippen LogP contribution in [0.2, 0.25) is 0 Å². The monoisotopic (exact) mass is 433 g/mol. The summed E-state index contributed by atoms with van der Waals surface area (Å²) in [6, 6.07) is 12.0. The Balaban J connectivity index is 1.48. The van der Waals surface area contributed by atoms with Crippen molar-refractivity contribution in [3.63, 3.8) is 0 Å². The summed E-state index contributed by atoms with van der Waals surface area (Å²) < 4.78 is 42.0. The second kappa shape index (κ2) is 7.63. The highest BCUT2D eigenvalue weighted by molar-refractivity contribution is 8.28. The van der Waals surface area contributed by atoms with Crippen LogP contribution in [0.4, 0.5) is 18.9 Å². The lowest BCUT2D eigenvalue weighted by atomic mass is 10.2. The number of ether oxygens (including phenoxy) is 1. The number of benzene rings is 2. The number of alkyl halides is 3. The molecule has 1 aliphatic heterocycles. The van der Waals surface area contributed by atoms with Gasteiger partial charge in [0.05, 0.1) is 11.4 Å². The molecule has 1 aromatic heterocycles. The largest absolute Gasteiger partial charge is 0.573 e. The van der Waals surface area contributed by atoms with Crippen LogP contribution < -0.4 is 10.1 Å². The lowest BCUT2D eigenvalue weighted by molar-refractivity contribution is -0.274. The van der Waals surface area contributed by atoms with Crippen molar-refractivity contribution in [2.24, 2.45) is 4.99 Å². The van der Waals surface area contributed by atoms with Crippen LogP contribution in [-0.4, -0.2) is 37.3 Å². The minimum absolute atomic E-state index is 0.207. The van der Waals surface area contributed by atoms with Gasteiger partial charge in [0.15, 0.2) is 11.0 Å². The molecule has 30 heavy (non-hydrogen) atoms. The minimum Gasteiger partial charge on any atom is -0.406 e. The van der Waals surface area contributed by atoms with E-state index in [0.717, 1.165) is 11.8 Å². The fraction of sp³-hybridized carbons (Fsp3) is 0.0556. The topological polar surface area (TPSA) is 98.5 Å². The van der Waals surface area contributed by atoms with Crippen LogP contribution in [0.15, 0.2) is 59.9 Å². The quantitative estimate of drug-likeness (QED) is 0.635. The Morgan fingerprint density at radius 3 is 2.33 bits per heavy atom. The van der Waals surface area contributed by atoms with E-state index in [-0.39, 0.29) is 10.9 Å². The molecule has 0 spiro atoms. The van der Waals surface area contributed by atoms with Crippen LogP contribution in [0, 0.1) is 0 Å². The van der Waals surface area contributed by atoms with E-state index >= 15 is 0 Å². The molecule has 1 N–H and O–H groups in total. The summed E-state index contributed by atoms with van der Waals surface area (Å²) in [5, 5.41) is 6.26. The number of amides is 1. The number of rotatable bonds is 4. The smallest absolute Gasteiger partial charge is 0.406 e. The number of carbonyl (C=O) groups excluding carboxylic acids is 2. The van der Waals surface area contributed by atoms with Crippen molar-refractivity contribution < 1.29 is 27.5 Å². The molecule has 0 unspecified atom stereocenters. The Bertz CT molecular complexity index is 1120. The zero-order valence-corrected chi connectivity index (χ0v) is 15.6. The zero-order valence-electron chi connectivity index (χ0n) is 14.8. The van der Waals surface area contributed by atoms with E-state index in [2.05, 4.69) is 25.1 Å². The van der Waals surface area contributed by atoms with Gasteiger partial charge >= 0.3 is 12.3 Å². The third-order valence-electron chi connectivity index (χ3n) is 3.78. The normalized spacial score (nSPS) is 15.5. The molecule has 1 saturated heterocycles. The number of nitrogens with one attached hydrogen (secondary N) is 1.